The summed E-state index contributed by atoms with van der Waals surface area (Å²) in [6.45, 7) is 6.49. The van der Waals surface area contributed by atoms with E-state index in [2.05, 4.69) is 53.1 Å². The van der Waals surface area contributed by atoms with Crippen LogP contribution in [-0.2, 0) is 19.4 Å². The van der Waals surface area contributed by atoms with Crippen molar-refractivity contribution in [2.75, 3.05) is 6.54 Å². The van der Waals surface area contributed by atoms with Gasteiger partial charge in [0.05, 0.1) is 0 Å². The second-order valence-corrected chi connectivity index (χ2v) is 5.84. The Morgan fingerprint density at radius 2 is 2.24 bits per heavy atom. The van der Waals surface area contributed by atoms with Crippen LogP contribution in [0.3, 0.4) is 0 Å². The van der Waals surface area contributed by atoms with Gasteiger partial charge in [-0.1, -0.05) is 25.1 Å². The summed E-state index contributed by atoms with van der Waals surface area (Å²) in [6, 6.07) is 7.33. The number of aryl methyl sites for hydroxylation is 1. The van der Waals surface area contributed by atoms with Gasteiger partial charge in [0.2, 0.25) is 0 Å². The van der Waals surface area contributed by atoms with Gasteiger partial charge in [-0.25, -0.2) is 4.98 Å². The minimum atomic E-state index is 0.547. The molecule has 21 heavy (non-hydrogen) atoms. The number of nitrogens with one attached hydrogen (secondary N) is 1. The molecule has 0 radical (unpaired) electrons. The van der Waals surface area contributed by atoms with Gasteiger partial charge in [0.25, 0.3) is 0 Å². The SMILES string of the molecule is CCCNC1CCc2c(Cc3nccn3CC)cccc21. The fraction of sp³-hybridized carbons (Fsp3) is 0.500. The van der Waals surface area contributed by atoms with E-state index >= 15 is 0 Å². The third kappa shape index (κ3) is 2.88. The molecule has 3 nitrogen and oxygen atoms in total. The third-order valence-electron chi connectivity index (χ3n) is 4.50. The number of hydrogen-bond donors (Lipinski definition) is 1. The maximum Gasteiger partial charge on any atom is 0.113 e. The molecule has 1 unspecified atom stereocenters. The first kappa shape index (κ1) is 14.3. The second kappa shape index (κ2) is 6.44. The summed E-state index contributed by atoms with van der Waals surface area (Å²) in [5.41, 5.74) is 4.52. The van der Waals surface area contributed by atoms with Gasteiger partial charge >= 0.3 is 0 Å². The number of imidazole rings is 1. The van der Waals surface area contributed by atoms with Crippen molar-refractivity contribution in [1.82, 2.24) is 14.9 Å². The van der Waals surface area contributed by atoms with Gasteiger partial charge < -0.3 is 9.88 Å². The van der Waals surface area contributed by atoms with Crippen molar-refractivity contribution < 1.29 is 0 Å². The minimum Gasteiger partial charge on any atom is -0.335 e. The summed E-state index contributed by atoms with van der Waals surface area (Å²) >= 11 is 0. The van der Waals surface area contributed by atoms with E-state index in [1.807, 2.05) is 6.20 Å². The Bertz CT molecular complexity index is 600. The first-order valence-electron chi connectivity index (χ1n) is 8.17. The molecule has 3 heteroatoms. The molecule has 0 bridgehead atoms. The highest BCUT2D eigenvalue weighted by Gasteiger charge is 2.24. The van der Waals surface area contributed by atoms with Crippen LogP contribution in [0.5, 0.6) is 0 Å². The number of fused-ring (bicyclic) bond motifs is 1. The molecule has 1 heterocycles. The summed E-state index contributed by atoms with van der Waals surface area (Å²) in [6.07, 6.45) is 8.55. The van der Waals surface area contributed by atoms with E-state index < -0.39 is 0 Å². The average molecular weight is 283 g/mol. The van der Waals surface area contributed by atoms with Crippen molar-refractivity contribution in [3.8, 4) is 0 Å². The Morgan fingerprint density at radius 3 is 3.05 bits per heavy atom. The van der Waals surface area contributed by atoms with Crippen LogP contribution in [0.2, 0.25) is 0 Å². The fourth-order valence-electron chi connectivity index (χ4n) is 3.39. The summed E-state index contributed by atoms with van der Waals surface area (Å²) < 4.78 is 2.24. The summed E-state index contributed by atoms with van der Waals surface area (Å²) in [5, 5.41) is 3.68. The number of hydrogen-bond acceptors (Lipinski definition) is 2. The molecule has 0 saturated heterocycles. The molecule has 3 rings (SSSR count). The van der Waals surface area contributed by atoms with Crippen LogP contribution in [0, 0.1) is 0 Å². The second-order valence-electron chi connectivity index (χ2n) is 5.84. The van der Waals surface area contributed by atoms with E-state index in [-0.39, 0.29) is 0 Å². The van der Waals surface area contributed by atoms with E-state index in [4.69, 9.17) is 0 Å². The summed E-state index contributed by atoms with van der Waals surface area (Å²) in [5.74, 6) is 1.18. The molecule has 0 amide bonds. The summed E-state index contributed by atoms with van der Waals surface area (Å²) in [7, 11) is 0. The van der Waals surface area contributed by atoms with E-state index in [1.54, 1.807) is 5.56 Å². The van der Waals surface area contributed by atoms with Crippen LogP contribution in [0.15, 0.2) is 30.6 Å². The Morgan fingerprint density at radius 1 is 1.33 bits per heavy atom. The molecule has 0 saturated carbocycles. The minimum absolute atomic E-state index is 0.547. The predicted octanol–water partition coefficient (Wildman–Crippen LogP) is 3.48. The maximum atomic E-state index is 4.52. The van der Waals surface area contributed by atoms with Crippen molar-refractivity contribution in [3.05, 3.63) is 53.1 Å². The van der Waals surface area contributed by atoms with Crippen molar-refractivity contribution in [1.29, 1.82) is 0 Å². The fourth-order valence-corrected chi connectivity index (χ4v) is 3.39. The number of rotatable bonds is 6. The lowest BCUT2D eigenvalue weighted by Gasteiger charge is -2.14. The highest BCUT2D eigenvalue weighted by Crippen LogP contribution is 2.34. The monoisotopic (exact) mass is 283 g/mol. The zero-order chi connectivity index (χ0) is 14.7. The third-order valence-corrected chi connectivity index (χ3v) is 4.50. The largest absolute Gasteiger partial charge is 0.335 e. The molecule has 1 aromatic carbocycles. The molecule has 2 aromatic rings. The van der Waals surface area contributed by atoms with Crippen LogP contribution in [-0.4, -0.2) is 16.1 Å². The Kier molecular flexibility index (Phi) is 4.39. The van der Waals surface area contributed by atoms with Gasteiger partial charge in [0.1, 0.15) is 5.82 Å². The van der Waals surface area contributed by atoms with E-state index in [0.29, 0.717) is 6.04 Å². The van der Waals surface area contributed by atoms with Crippen LogP contribution < -0.4 is 5.32 Å². The van der Waals surface area contributed by atoms with Crippen LogP contribution in [0.1, 0.15) is 55.2 Å². The highest BCUT2D eigenvalue weighted by molar-refractivity contribution is 5.42. The standard InChI is InChI=1S/C18H25N3/c1-3-10-19-17-9-8-15-14(6-5-7-16(15)17)13-18-20-11-12-21(18)4-2/h5-7,11-12,17,19H,3-4,8-10,13H2,1-2H3. The average Bonchev–Trinajstić information content (AvgIpc) is 3.12. The molecule has 0 aliphatic heterocycles. The predicted molar refractivity (Wildman–Crippen MR) is 86.5 cm³/mol. The lowest BCUT2D eigenvalue weighted by molar-refractivity contribution is 0.529. The van der Waals surface area contributed by atoms with Crippen LogP contribution in [0.25, 0.3) is 0 Å². The van der Waals surface area contributed by atoms with Gasteiger partial charge in [0.15, 0.2) is 0 Å². The molecule has 0 spiro atoms. The number of aromatic nitrogens is 2. The zero-order valence-corrected chi connectivity index (χ0v) is 13.1. The Hall–Kier alpha value is -1.61. The topological polar surface area (TPSA) is 29.9 Å². The molecule has 1 atom stereocenters. The van der Waals surface area contributed by atoms with Gasteiger partial charge in [-0.15, -0.1) is 0 Å². The zero-order valence-electron chi connectivity index (χ0n) is 13.1. The lowest BCUT2D eigenvalue weighted by Crippen LogP contribution is -2.19. The molecule has 112 valence electrons. The first-order valence-corrected chi connectivity index (χ1v) is 8.17. The smallest absolute Gasteiger partial charge is 0.113 e. The quantitative estimate of drug-likeness (QED) is 0.879. The van der Waals surface area contributed by atoms with Gasteiger partial charge in [-0.3, -0.25) is 0 Å². The van der Waals surface area contributed by atoms with Crippen LogP contribution in [0.4, 0.5) is 0 Å². The van der Waals surface area contributed by atoms with Crippen molar-refractivity contribution in [2.24, 2.45) is 0 Å². The van der Waals surface area contributed by atoms with Crippen molar-refractivity contribution in [2.45, 2.75) is 52.1 Å². The summed E-state index contributed by atoms with van der Waals surface area (Å²) in [4.78, 5) is 4.52. The molecular weight excluding hydrogens is 258 g/mol. The van der Waals surface area contributed by atoms with Gasteiger partial charge in [0, 0.05) is 31.4 Å². The Balaban J connectivity index is 1.83. The molecule has 0 fully saturated rings. The van der Waals surface area contributed by atoms with Crippen LogP contribution >= 0.6 is 0 Å². The Labute approximate surface area is 127 Å². The van der Waals surface area contributed by atoms with Crippen molar-refractivity contribution in [3.63, 3.8) is 0 Å². The van der Waals surface area contributed by atoms with E-state index in [1.165, 1.54) is 36.2 Å². The molecule has 1 aliphatic rings. The van der Waals surface area contributed by atoms with Crippen molar-refractivity contribution >= 4 is 0 Å². The first-order chi connectivity index (χ1) is 10.3. The van der Waals surface area contributed by atoms with E-state index in [0.717, 1.165) is 19.5 Å². The van der Waals surface area contributed by atoms with E-state index in [9.17, 15) is 0 Å². The van der Waals surface area contributed by atoms with Gasteiger partial charge in [-0.2, -0.15) is 0 Å². The number of benzene rings is 1. The normalized spacial score (nSPS) is 17.1. The molecule has 1 aromatic heterocycles. The lowest BCUT2D eigenvalue weighted by atomic mass is 9.99. The molecule has 1 N–H and O–H groups in total. The molecular formula is C18H25N3. The molecule has 1 aliphatic carbocycles. The van der Waals surface area contributed by atoms with Gasteiger partial charge in [-0.05, 0) is 49.4 Å². The highest BCUT2D eigenvalue weighted by atomic mass is 15.0. The number of nitrogens with zero attached hydrogens (tertiary/aromatic N) is 2. The maximum absolute atomic E-state index is 4.52.